The van der Waals surface area contributed by atoms with Crippen molar-refractivity contribution in [2.24, 2.45) is 0 Å². The predicted octanol–water partition coefficient (Wildman–Crippen LogP) is -0.432. The zero-order chi connectivity index (χ0) is 11.2. The Labute approximate surface area is 83.6 Å². The van der Waals surface area contributed by atoms with Crippen molar-refractivity contribution in [3.8, 4) is 11.9 Å². The first-order valence-electron chi connectivity index (χ1n) is 3.98. The molecule has 8 nitrogen and oxygen atoms in total. The Bertz CT molecular complexity index is 514. The second-order valence-corrected chi connectivity index (χ2v) is 2.80. The SMILES string of the molecule is COc1cc2c(n1O)n(O)c(OC)[n+]2[O-]. The van der Waals surface area contributed by atoms with Crippen molar-refractivity contribution in [1.82, 2.24) is 9.46 Å². The molecule has 2 aromatic rings. The summed E-state index contributed by atoms with van der Waals surface area (Å²) in [6, 6.07) is 0.933. The van der Waals surface area contributed by atoms with Gasteiger partial charge in [0.25, 0.3) is 0 Å². The van der Waals surface area contributed by atoms with Gasteiger partial charge in [-0.05, 0) is 0 Å². The molecule has 0 fully saturated rings. The molecule has 2 N–H and O–H groups in total. The highest BCUT2D eigenvalue weighted by atomic mass is 16.6. The number of nitrogens with zero attached hydrogens (tertiary/aromatic N) is 3. The highest BCUT2D eigenvalue weighted by molar-refractivity contribution is 5.72. The summed E-state index contributed by atoms with van der Waals surface area (Å²) in [7, 11) is 2.56. The summed E-state index contributed by atoms with van der Waals surface area (Å²) in [5.41, 5.74) is -0.0904. The first kappa shape index (κ1) is 9.31. The van der Waals surface area contributed by atoms with Crippen LogP contribution < -0.4 is 14.2 Å². The lowest BCUT2D eigenvalue weighted by molar-refractivity contribution is -0.587. The maximum atomic E-state index is 11.5. The van der Waals surface area contributed by atoms with Gasteiger partial charge in [0.1, 0.15) is 0 Å². The summed E-state index contributed by atoms with van der Waals surface area (Å²) in [5.74, 6) is 0.0371. The number of ether oxygens (including phenoxy) is 2. The number of imidazole rings is 1. The number of aromatic nitrogens is 3. The van der Waals surface area contributed by atoms with Crippen molar-refractivity contribution in [2.75, 3.05) is 14.2 Å². The van der Waals surface area contributed by atoms with Crippen molar-refractivity contribution in [3.05, 3.63) is 11.3 Å². The van der Waals surface area contributed by atoms with Gasteiger partial charge in [-0.3, -0.25) is 0 Å². The molecule has 0 amide bonds. The van der Waals surface area contributed by atoms with E-state index in [2.05, 4.69) is 4.74 Å². The molecule has 2 heterocycles. The zero-order valence-corrected chi connectivity index (χ0v) is 8.04. The molecule has 0 spiro atoms. The van der Waals surface area contributed by atoms with E-state index in [0.717, 1.165) is 0 Å². The van der Waals surface area contributed by atoms with Gasteiger partial charge in [0.05, 0.1) is 20.3 Å². The molecule has 0 aromatic carbocycles. The highest BCUT2D eigenvalue weighted by Gasteiger charge is 2.29. The fourth-order valence-electron chi connectivity index (χ4n) is 1.40. The summed E-state index contributed by atoms with van der Waals surface area (Å²) < 4.78 is 10.7. The molecule has 2 aromatic heterocycles. The van der Waals surface area contributed by atoms with Gasteiger partial charge < -0.3 is 25.1 Å². The molecule has 0 aliphatic heterocycles. The third-order valence-corrected chi connectivity index (χ3v) is 2.06. The molecule has 0 unspecified atom stereocenters. The van der Waals surface area contributed by atoms with Crippen LogP contribution in [-0.4, -0.2) is 34.1 Å². The van der Waals surface area contributed by atoms with Crippen molar-refractivity contribution in [3.63, 3.8) is 0 Å². The second kappa shape index (κ2) is 2.87. The fraction of sp³-hybridized carbons (Fsp3) is 0.286. The average molecular weight is 215 g/mol. The van der Waals surface area contributed by atoms with E-state index in [4.69, 9.17) is 4.74 Å². The van der Waals surface area contributed by atoms with Crippen LogP contribution in [0, 0.1) is 5.21 Å². The van der Waals surface area contributed by atoms with Gasteiger partial charge in [0.2, 0.25) is 11.4 Å². The van der Waals surface area contributed by atoms with E-state index in [1.54, 1.807) is 0 Å². The molecule has 0 saturated carbocycles. The maximum Gasteiger partial charge on any atom is 0.501 e. The van der Waals surface area contributed by atoms with Crippen LogP contribution in [0.2, 0.25) is 0 Å². The first-order chi connectivity index (χ1) is 7.11. The molecule has 82 valence electrons. The van der Waals surface area contributed by atoms with Crippen LogP contribution in [0.25, 0.3) is 11.2 Å². The van der Waals surface area contributed by atoms with Crippen LogP contribution in [-0.2, 0) is 0 Å². The third-order valence-electron chi connectivity index (χ3n) is 2.06. The number of hydrogen-bond acceptors (Lipinski definition) is 5. The van der Waals surface area contributed by atoms with E-state index >= 15 is 0 Å². The molecule has 0 saturated heterocycles. The van der Waals surface area contributed by atoms with Crippen molar-refractivity contribution < 1.29 is 24.6 Å². The third kappa shape index (κ3) is 0.981. The van der Waals surface area contributed by atoms with Crippen LogP contribution in [0.1, 0.15) is 0 Å². The summed E-state index contributed by atoms with van der Waals surface area (Å²) in [4.78, 5) is 0. The molecule has 15 heavy (non-hydrogen) atoms. The largest absolute Gasteiger partial charge is 0.708 e. The summed E-state index contributed by atoms with van der Waals surface area (Å²) >= 11 is 0. The van der Waals surface area contributed by atoms with Crippen LogP contribution >= 0.6 is 0 Å². The molecular weight excluding hydrogens is 206 g/mol. The molecule has 0 aliphatic carbocycles. The zero-order valence-electron chi connectivity index (χ0n) is 8.04. The Kier molecular flexibility index (Phi) is 1.78. The van der Waals surface area contributed by atoms with E-state index in [9.17, 15) is 15.6 Å². The molecule has 0 radical (unpaired) electrons. The monoisotopic (exact) mass is 215 g/mol. The standard InChI is InChI=1S/C7H9N3O5/c1-14-5-3-4-6(9(5)12)10(13)7(15-2)8(4)11/h3,12-13H,1-2H3. The second-order valence-electron chi connectivity index (χ2n) is 2.80. The number of rotatable bonds is 2. The summed E-state index contributed by atoms with van der Waals surface area (Å²) in [6.45, 7) is 0. The normalized spacial score (nSPS) is 10.8. The van der Waals surface area contributed by atoms with Gasteiger partial charge in [0.15, 0.2) is 0 Å². The van der Waals surface area contributed by atoms with Crippen LogP contribution in [0.3, 0.4) is 0 Å². The maximum absolute atomic E-state index is 11.5. The van der Waals surface area contributed by atoms with E-state index in [1.165, 1.54) is 20.3 Å². The molecular formula is C7H9N3O5. The van der Waals surface area contributed by atoms with E-state index < -0.39 is 0 Å². The first-order valence-corrected chi connectivity index (χ1v) is 3.98. The molecule has 0 bridgehead atoms. The van der Waals surface area contributed by atoms with Crippen molar-refractivity contribution in [1.29, 1.82) is 0 Å². The number of fused-ring (bicyclic) bond motifs is 1. The van der Waals surface area contributed by atoms with Crippen molar-refractivity contribution in [2.45, 2.75) is 0 Å². The van der Waals surface area contributed by atoms with Crippen LogP contribution in [0.15, 0.2) is 6.07 Å². The quantitative estimate of drug-likeness (QED) is 0.402. The Hall–Kier alpha value is -2.25. The lowest BCUT2D eigenvalue weighted by Crippen LogP contribution is -2.27. The van der Waals surface area contributed by atoms with Gasteiger partial charge in [-0.25, -0.2) is 0 Å². The lowest BCUT2D eigenvalue weighted by Gasteiger charge is -2.00. The fourth-order valence-corrected chi connectivity index (χ4v) is 1.40. The van der Waals surface area contributed by atoms with E-state index in [-0.39, 0.29) is 23.1 Å². The molecule has 0 atom stereocenters. The van der Waals surface area contributed by atoms with Gasteiger partial charge in [-0.1, -0.05) is 0 Å². The minimum absolute atomic E-state index is 0.0358. The molecule has 2 rings (SSSR count). The summed E-state index contributed by atoms with van der Waals surface area (Å²) in [6.07, 6.45) is 0. The van der Waals surface area contributed by atoms with Crippen LogP contribution in [0.5, 0.6) is 11.9 Å². The minimum Gasteiger partial charge on any atom is -0.708 e. The van der Waals surface area contributed by atoms with Crippen LogP contribution in [0.4, 0.5) is 0 Å². The Morgan fingerprint density at radius 1 is 1.27 bits per heavy atom. The lowest BCUT2D eigenvalue weighted by atomic mass is 10.6. The van der Waals surface area contributed by atoms with E-state index in [1.807, 2.05) is 0 Å². The smallest absolute Gasteiger partial charge is 0.501 e. The Balaban J connectivity index is 2.84. The van der Waals surface area contributed by atoms with Gasteiger partial charge in [-0.15, -0.1) is 4.73 Å². The topological polar surface area (TPSA) is 95.7 Å². The summed E-state index contributed by atoms with van der Waals surface area (Å²) in [5, 5.41) is 30.5. The number of methoxy groups -OCH3 is 2. The van der Waals surface area contributed by atoms with E-state index in [0.29, 0.717) is 14.2 Å². The van der Waals surface area contributed by atoms with Gasteiger partial charge in [-0.2, -0.15) is 4.73 Å². The molecule has 8 heteroatoms. The number of hydrogen-bond donors (Lipinski definition) is 2. The Morgan fingerprint density at radius 3 is 2.40 bits per heavy atom. The molecule has 0 aliphatic rings. The predicted molar refractivity (Wildman–Crippen MR) is 46.4 cm³/mol. The Morgan fingerprint density at radius 2 is 1.93 bits per heavy atom. The van der Waals surface area contributed by atoms with Gasteiger partial charge >= 0.3 is 11.7 Å². The van der Waals surface area contributed by atoms with Crippen molar-refractivity contribution >= 4 is 11.2 Å². The van der Waals surface area contributed by atoms with Gasteiger partial charge in [0, 0.05) is 4.73 Å². The average Bonchev–Trinajstić information content (AvgIpc) is 2.66. The minimum atomic E-state index is -0.342. The highest BCUT2D eigenvalue weighted by Crippen LogP contribution is 2.24.